The lowest BCUT2D eigenvalue weighted by atomic mass is 10.1. The zero-order valence-corrected chi connectivity index (χ0v) is 8.46. The molecule has 0 aliphatic carbocycles. The first kappa shape index (κ1) is 10.0. The second-order valence-electron chi connectivity index (χ2n) is 3.44. The Kier molecular flexibility index (Phi) is 3.29. The summed E-state index contributed by atoms with van der Waals surface area (Å²) in [6.45, 7) is 10.2. The van der Waals surface area contributed by atoms with Crippen LogP contribution in [0.2, 0.25) is 0 Å². The molecule has 1 heterocycles. The van der Waals surface area contributed by atoms with Gasteiger partial charge in [-0.2, -0.15) is 0 Å². The zero-order valence-electron chi connectivity index (χ0n) is 8.46. The Bertz CT molecular complexity index is 249. The Labute approximate surface area is 79.6 Å². The molecule has 0 N–H and O–H groups in total. The summed E-state index contributed by atoms with van der Waals surface area (Å²) in [4.78, 5) is 0. The van der Waals surface area contributed by atoms with Crippen LogP contribution >= 0.6 is 0 Å². The smallest absolute Gasteiger partial charge is 0.314 e. The quantitative estimate of drug-likeness (QED) is 0.370. The fraction of sp³-hybridized carbons (Fsp3) is 0.545. The number of hydrogen-bond acceptors (Lipinski definition) is 1. The van der Waals surface area contributed by atoms with E-state index in [0.717, 1.165) is 5.57 Å². The van der Waals surface area contributed by atoms with Crippen LogP contribution in [-0.4, -0.2) is 18.7 Å². The highest BCUT2D eigenvalue weighted by Crippen LogP contribution is 2.18. The lowest BCUT2D eigenvalue weighted by Gasteiger charge is -2.03. The minimum atomic E-state index is 0.0415. The monoisotopic (exact) mass is 180 g/mol. The van der Waals surface area contributed by atoms with Crippen LogP contribution in [0.25, 0.3) is 0 Å². The van der Waals surface area contributed by atoms with Crippen molar-refractivity contribution in [2.75, 3.05) is 6.61 Å². The van der Waals surface area contributed by atoms with E-state index in [0.29, 0.717) is 18.5 Å². The topological polar surface area (TPSA) is 20.5 Å². The van der Waals surface area contributed by atoms with Gasteiger partial charge in [0.1, 0.15) is 5.57 Å². The molecule has 2 nitrogen and oxygen atoms in total. The zero-order chi connectivity index (χ0) is 9.84. The molecule has 0 saturated heterocycles. The molecule has 1 unspecified atom stereocenters. The summed E-state index contributed by atoms with van der Waals surface area (Å²) in [5.41, 5.74) is 0.959. The van der Waals surface area contributed by atoms with Gasteiger partial charge >= 0.3 is 5.97 Å². The first-order valence-electron chi connectivity index (χ1n) is 4.53. The van der Waals surface area contributed by atoms with E-state index >= 15 is 0 Å². The molecule has 13 heavy (non-hydrogen) atoms. The van der Waals surface area contributed by atoms with E-state index in [2.05, 4.69) is 26.5 Å². The first-order chi connectivity index (χ1) is 6.15. The van der Waals surface area contributed by atoms with E-state index in [4.69, 9.17) is 9.16 Å². The summed E-state index contributed by atoms with van der Waals surface area (Å²) in [6.07, 6.45) is 4.95. The Morgan fingerprint density at radius 1 is 1.69 bits per heavy atom. The number of rotatable bonds is 3. The number of hydrogen-bond donors (Lipinski definition) is 0. The fourth-order valence-electron chi connectivity index (χ4n) is 1.09. The molecule has 0 spiro atoms. The third kappa shape index (κ3) is 2.44. The van der Waals surface area contributed by atoms with Crippen molar-refractivity contribution in [3.05, 3.63) is 24.3 Å². The van der Waals surface area contributed by atoms with Crippen molar-refractivity contribution < 1.29 is 9.16 Å². The van der Waals surface area contributed by atoms with Gasteiger partial charge in [0.15, 0.2) is 0 Å². The molecule has 1 radical (unpaired) electrons. The molecule has 1 aliphatic heterocycles. The van der Waals surface area contributed by atoms with Crippen molar-refractivity contribution in [2.24, 2.45) is 5.92 Å². The van der Waals surface area contributed by atoms with Gasteiger partial charge in [-0.1, -0.05) is 20.4 Å². The van der Waals surface area contributed by atoms with Crippen molar-refractivity contribution in [3.63, 3.8) is 0 Å². The molecule has 0 saturated carbocycles. The highest BCUT2D eigenvalue weighted by atomic mass is 16.6. The van der Waals surface area contributed by atoms with Crippen LogP contribution in [0.15, 0.2) is 18.2 Å². The number of cyclic esters (lactones) is 1. The van der Waals surface area contributed by atoms with Gasteiger partial charge in [-0.05, 0) is 13.0 Å². The molecule has 2 heteroatoms. The lowest BCUT2D eigenvalue weighted by molar-refractivity contribution is -0.454. The Morgan fingerprint density at radius 2 is 2.38 bits per heavy atom. The first-order valence-corrected chi connectivity index (χ1v) is 4.53. The largest absolute Gasteiger partial charge is 0.516 e. The van der Waals surface area contributed by atoms with Gasteiger partial charge in [0.05, 0.1) is 0 Å². The SMILES string of the molecule is C=CC[O+]=C1OC(C(C)C)[C]=C1C. The molecular formula is C11H16O2+. The summed E-state index contributed by atoms with van der Waals surface area (Å²) in [5.74, 6) is 1.03. The molecule has 0 aromatic heterocycles. The molecule has 0 aromatic rings. The lowest BCUT2D eigenvalue weighted by Crippen LogP contribution is -2.16. The Balaban J connectivity index is 2.65. The maximum Gasteiger partial charge on any atom is 0.516 e. The Hall–Kier alpha value is -1.05. The highest BCUT2D eigenvalue weighted by Gasteiger charge is 2.35. The van der Waals surface area contributed by atoms with Crippen molar-refractivity contribution in [2.45, 2.75) is 26.9 Å². The Morgan fingerprint density at radius 3 is 2.85 bits per heavy atom. The van der Waals surface area contributed by atoms with Crippen LogP contribution in [0.4, 0.5) is 0 Å². The van der Waals surface area contributed by atoms with Crippen molar-refractivity contribution in [1.82, 2.24) is 0 Å². The predicted octanol–water partition coefficient (Wildman–Crippen LogP) is 2.04. The van der Waals surface area contributed by atoms with Crippen LogP contribution in [0.5, 0.6) is 0 Å². The fourth-order valence-corrected chi connectivity index (χ4v) is 1.09. The van der Waals surface area contributed by atoms with Crippen LogP contribution in [-0.2, 0) is 9.16 Å². The van der Waals surface area contributed by atoms with Gasteiger partial charge in [-0.15, -0.1) is 0 Å². The van der Waals surface area contributed by atoms with Crippen molar-refractivity contribution in [3.8, 4) is 0 Å². The van der Waals surface area contributed by atoms with E-state index in [1.807, 2.05) is 6.92 Å². The second-order valence-corrected chi connectivity index (χ2v) is 3.44. The molecule has 0 amide bonds. The summed E-state index contributed by atoms with van der Waals surface area (Å²) < 4.78 is 10.9. The second kappa shape index (κ2) is 4.26. The molecule has 1 atom stereocenters. The maximum atomic E-state index is 5.54. The minimum absolute atomic E-state index is 0.0415. The van der Waals surface area contributed by atoms with E-state index in [-0.39, 0.29) is 6.10 Å². The third-order valence-electron chi connectivity index (χ3n) is 1.84. The molecule has 1 aliphatic rings. The normalized spacial score (nSPS) is 24.8. The molecule has 0 fully saturated rings. The van der Waals surface area contributed by atoms with E-state index in [1.54, 1.807) is 6.08 Å². The summed E-state index contributed by atoms with van der Waals surface area (Å²) in [7, 11) is 0. The molecule has 0 aromatic carbocycles. The average Bonchev–Trinajstić information content (AvgIpc) is 2.44. The van der Waals surface area contributed by atoms with Crippen LogP contribution < -0.4 is 0 Å². The highest BCUT2D eigenvalue weighted by molar-refractivity contribution is 5.89. The standard InChI is InChI=1S/C11H16O2/c1-5-6-12-11-9(4)7-10(13-11)8(2)3/h5,8,10H,1,6H2,2-4H3/q+1. The van der Waals surface area contributed by atoms with Crippen LogP contribution in [0.3, 0.4) is 0 Å². The van der Waals surface area contributed by atoms with E-state index in [9.17, 15) is 0 Å². The molecule has 1 rings (SSSR count). The summed E-state index contributed by atoms with van der Waals surface area (Å²) >= 11 is 0. The van der Waals surface area contributed by atoms with Gasteiger partial charge in [0.2, 0.25) is 12.7 Å². The minimum Gasteiger partial charge on any atom is -0.314 e. The van der Waals surface area contributed by atoms with Crippen LogP contribution in [0.1, 0.15) is 20.8 Å². The molecule has 71 valence electrons. The van der Waals surface area contributed by atoms with Crippen molar-refractivity contribution >= 4 is 5.97 Å². The summed E-state index contributed by atoms with van der Waals surface area (Å²) in [5, 5.41) is 0. The number of ether oxygens (including phenoxy) is 1. The van der Waals surface area contributed by atoms with Crippen molar-refractivity contribution in [1.29, 1.82) is 0 Å². The molecular weight excluding hydrogens is 164 g/mol. The average molecular weight is 180 g/mol. The van der Waals surface area contributed by atoms with E-state index in [1.165, 1.54) is 0 Å². The van der Waals surface area contributed by atoms with Gasteiger partial charge < -0.3 is 9.16 Å². The third-order valence-corrected chi connectivity index (χ3v) is 1.84. The van der Waals surface area contributed by atoms with Gasteiger partial charge in [-0.25, -0.2) is 0 Å². The predicted molar refractivity (Wildman–Crippen MR) is 52.2 cm³/mol. The van der Waals surface area contributed by atoms with Gasteiger partial charge in [-0.3, -0.25) is 0 Å². The van der Waals surface area contributed by atoms with Gasteiger partial charge in [0, 0.05) is 12.0 Å². The number of esters is 1. The maximum absolute atomic E-state index is 5.54. The number of carbonyl (C=O) groups excluding carboxylic acids is 1. The van der Waals surface area contributed by atoms with E-state index < -0.39 is 0 Å². The summed E-state index contributed by atoms with van der Waals surface area (Å²) in [6, 6.07) is 0. The molecule has 0 bridgehead atoms. The van der Waals surface area contributed by atoms with Gasteiger partial charge in [0.25, 0.3) is 0 Å². The van der Waals surface area contributed by atoms with Crippen LogP contribution in [0, 0.1) is 12.0 Å².